The van der Waals surface area contributed by atoms with Gasteiger partial charge in [0.2, 0.25) is 5.91 Å². The summed E-state index contributed by atoms with van der Waals surface area (Å²) in [7, 11) is 0. The quantitative estimate of drug-likeness (QED) is 0.875. The average molecular weight is 324 g/mol. The number of likely N-dealkylation sites (tertiary alicyclic amines) is 1. The molecule has 6 heteroatoms. The third-order valence-electron chi connectivity index (χ3n) is 3.78. The average Bonchev–Trinajstić information content (AvgIpc) is 3.01. The first-order valence-corrected chi connectivity index (χ1v) is 8.01. The van der Waals surface area contributed by atoms with Crippen LogP contribution in [0.3, 0.4) is 0 Å². The van der Waals surface area contributed by atoms with Crippen molar-refractivity contribution in [3.05, 3.63) is 34.9 Å². The van der Waals surface area contributed by atoms with Crippen LogP contribution in [0.5, 0.6) is 0 Å². The molecule has 22 heavy (non-hydrogen) atoms. The minimum Gasteiger partial charge on any atom is -0.343 e. The van der Waals surface area contributed by atoms with Gasteiger partial charge < -0.3 is 15.5 Å². The normalized spacial score (nSPS) is 15.5. The van der Waals surface area contributed by atoms with Gasteiger partial charge in [0, 0.05) is 31.1 Å². The van der Waals surface area contributed by atoms with Crippen LogP contribution >= 0.6 is 11.6 Å². The van der Waals surface area contributed by atoms with Gasteiger partial charge in [0.25, 0.3) is 0 Å². The van der Waals surface area contributed by atoms with Gasteiger partial charge in [-0.1, -0.05) is 23.7 Å². The van der Waals surface area contributed by atoms with E-state index in [9.17, 15) is 9.59 Å². The Morgan fingerprint density at radius 1 is 1.32 bits per heavy atom. The Morgan fingerprint density at radius 3 is 2.73 bits per heavy atom. The molecule has 0 spiro atoms. The monoisotopic (exact) mass is 323 g/mol. The second-order valence-corrected chi connectivity index (χ2v) is 5.95. The highest BCUT2D eigenvalue weighted by Crippen LogP contribution is 2.17. The smallest absolute Gasteiger partial charge is 0.315 e. The van der Waals surface area contributed by atoms with E-state index in [1.165, 1.54) is 0 Å². The molecule has 1 aliphatic heterocycles. The van der Waals surface area contributed by atoms with E-state index in [2.05, 4.69) is 10.6 Å². The number of rotatable bonds is 5. The number of nitrogens with one attached hydrogen (secondary N) is 2. The summed E-state index contributed by atoms with van der Waals surface area (Å²) in [5.41, 5.74) is 0.941. The van der Waals surface area contributed by atoms with Crippen LogP contribution in [0.2, 0.25) is 5.02 Å². The second-order valence-electron chi connectivity index (χ2n) is 5.51. The molecule has 2 N–H and O–H groups in total. The lowest BCUT2D eigenvalue weighted by Crippen LogP contribution is -2.39. The van der Waals surface area contributed by atoms with Crippen molar-refractivity contribution < 1.29 is 9.59 Å². The van der Waals surface area contributed by atoms with E-state index in [1.807, 2.05) is 30.0 Å². The first kappa shape index (κ1) is 16.6. The number of hydrogen-bond acceptors (Lipinski definition) is 2. The zero-order valence-corrected chi connectivity index (χ0v) is 13.5. The summed E-state index contributed by atoms with van der Waals surface area (Å²) in [5.74, 6) is 0.112. The Bertz CT molecular complexity index is 530. The van der Waals surface area contributed by atoms with Gasteiger partial charge in [-0.05, 0) is 37.5 Å². The molecule has 0 bridgehead atoms. The van der Waals surface area contributed by atoms with Crippen molar-refractivity contribution in [1.29, 1.82) is 0 Å². The number of carbonyl (C=O) groups excluding carboxylic acids is 2. The molecular weight excluding hydrogens is 302 g/mol. The van der Waals surface area contributed by atoms with E-state index in [1.54, 1.807) is 6.07 Å². The molecule has 0 saturated carbocycles. The minimum atomic E-state index is -0.276. The first-order valence-electron chi connectivity index (χ1n) is 7.64. The topological polar surface area (TPSA) is 61.4 Å². The maximum atomic E-state index is 11.8. The van der Waals surface area contributed by atoms with Crippen LogP contribution in [0.1, 0.15) is 37.8 Å². The number of carbonyl (C=O) groups is 2. The van der Waals surface area contributed by atoms with Gasteiger partial charge >= 0.3 is 6.03 Å². The number of halogens is 1. The van der Waals surface area contributed by atoms with Crippen molar-refractivity contribution in [1.82, 2.24) is 15.5 Å². The molecule has 0 aliphatic carbocycles. The maximum Gasteiger partial charge on any atom is 0.315 e. The molecule has 0 aromatic heterocycles. The van der Waals surface area contributed by atoms with Crippen LogP contribution < -0.4 is 10.6 Å². The van der Waals surface area contributed by atoms with Gasteiger partial charge in [0.15, 0.2) is 0 Å². The van der Waals surface area contributed by atoms with Crippen LogP contribution in [0.15, 0.2) is 24.3 Å². The fraction of sp³-hybridized carbons (Fsp3) is 0.500. The Morgan fingerprint density at radius 2 is 2.05 bits per heavy atom. The predicted molar refractivity (Wildman–Crippen MR) is 86.8 cm³/mol. The number of nitrogens with zero attached hydrogens (tertiary/aromatic N) is 1. The van der Waals surface area contributed by atoms with Gasteiger partial charge in [-0.2, -0.15) is 0 Å². The third kappa shape index (κ3) is 4.91. The Kier molecular flexibility index (Phi) is 6.07. The fourth-order valence-corrected chi connectivity index (χ4v) is 2.71. The van der Waals surface area contributed by atoms with E-state index in [0.717, 1.165) is 31.5 Å². The largest absolute Gasteiger partial charge is 0.343 e. The van der Waals surface area contributed by atoms with Crippen molar-refractivity contribution in [3.8, 4) is 0 Å². The van der Waals surface area contributed by atoms with Crippen LogP contribution in [0.4, 0.5) is 4.79 Å². The lowest BCUT2D eigenvalue weighted by atomic mass is 10.1. The molecule has 0 radical (unpaired) electrons. The number of hydrogen-bond donors (Lipinski definition) is 2. The Labute approximate surface area is 136 Å². The second kappa shape index (κ2) is 8.03. The molecule has 120 valence electrons. The highest BCUT2D eigenvalue weighted by molar-refractivity contribution is 6.30. The number of benzene rings is 1. The van der Waals surface area contributed by atoms with Crippen molar-refractivity contribution in [2.45, 2.75) is 32.2 Å². The van der Waals surface area contributed by atoms with E-state index in [-0.39, 0.29) is 18.0 Å². The van der Waals surface area contributed by atoms with Crippen LogP contribution in [0.25, 0.3) is 0 Å². The van der Waals surface area contributed by atoms with Crippen LogP contribution in [-0.2, 0) is 4.79 Å². The molecular formula is C16H22ClN3O2. The summed E-state index contributed by atoms with van der Waals surface area (Å²) in [5, 5.41) is 6.20. The molecule has 2 rings (SSSR count). The maximum absolute atomic E-state index is 11.8. The van der Waals surface area contributed by atoms with E-state index >= 15 is 0 Å². The van der Waals surface area contributed by atoms with Crippen molar-refractivity contribution in [2.24, 2.45) is 0 Å². The molecule has 1 aromatic carbocycles. The molecule has 1 atom stereocenters. The summed E-state index contributed by atoms with van der Waals surface area (Å²) < 4.78 is 0. The molecule has 3 amide bonds. The zero-order valence-electron chi connectivity index (χ0n) is 12.8. The Hall–Kier alpha value is -1.75. The SMILES string of the molecule is CC(NC(=O)NCCC(=O)N1CCCC1)c1cccc(Cl)c1. The van der Waals surface area contributed by atoms with Gasteiger partial charge in [-0.3, -0.25) is 4.79 Å². The predicted octanol–water partition coefficient (Wildman–Crippen LogP) is 2.71. The number of amides is 3. The first-order chi connectivity index (χ1) is 10.6. The number of urea groups is 1. The van der Waals surface area contributed by atoms with E-state index in [0.29, 0.717) is 18.0 Å². The van der Waals surface area contributed by atoms with Crippen molar-refractivity contribution in [2.75, 3.05) is 19.6 Å². The summed E-state index contributed by atoms with van der Waals surface area (Å²) in [4.78, 5) is 25.5. The molecule has 1 unspecified atom stereocenters. The standard InChI is InChI=1S/C16H22ClN3O2/c1-12(13-5-4-6-14(17)11-13)19-16(22)18-8-7-15(21)20-9-2-3-10-20/h4-6,11-12H,2-3,7-10H2,1H3,(H2,18,19,22). The zero-order chi connectivity index (χ0) is 15.9. The van der Waals surface area contributed by atoms with Gasteiger partial charge in [0.05, 0.1) is 6.04 Å². The minimum absolute atomic E-state index is 0.112. The highest BCUT2D eigenvalue weighted by atomic mass is 35.5. The van der Waals surface area contributed by atoms with Crippen molar-refractivity contribution >= 4 is 23.5 Å². The summed E-state index contributed by atoms with van der Waals surface area (Å²) in [6.07, 6.45) is 2.51. The molecule has 1 heterocycles. The highest BCUT2D eigenvalue weighted by Gasteiger charge is 2.17. The summed E-state index contributed by atoms with van der Waals surface area (Å²) in [6, 6.07) is 6.95. The third-order valence-corrected chi connectivity index (χ3v) is 4.01. The van der Waals surface area contributed by atoms with Gasteiger partial charge in [0.1, 0.15) is 0 Å². The molecule has 1 aliphatic rings. The lowest BCUT2D eigenvalue weighted by molar-refractivity contribution is -0.129. The van der Waals surface area contributed by atoms with Crippen molar-refractivity contribution in [3.63, 3.8) is 0 Å². The molecule has 1 aromatic rings. The molecule has 5 nitrogen and oxygen atoms in total. The summed E-state index contributed by atoms with van der Waals surface area (Å²) in [6.45, 7) is 3.93. The van der Waals surface area contributed by atoms with E-state index in [4.69, 9.17) is 11.6 Å². The Balaban J connectivity index is 1.70. The van der Waals surface area contributed by atoms with Gasteiger partial charge in [-0.15, -0.1) is 0 Å². The lowest BCUT2D eigenvalue weighted by Gasteiger charge is -2.17. The van der Waals surface area contributed by atoms with Crippen LogP contribution in [-0.4, -0.2) is 36.5 Å². The van der Waals surface area contributed by atoms with Crippen LogP contribution in [0, 0.1) is 0 Å². The molecule has 1 saturated heterocycles. The fourth-order valence-electron chi connectivity index (χ4n) is 2.51. The molecule has 1 fully saturated rings. The van der Waals surface area contributed by atoms with Gasteiger partial charge in [-0.25, -0.2) is 4.79 Å². The summed E-state index contributed by atoms with van der Waals surface area (Å²) >= 11 is 5.94. The van der Waals surface area contributed by atoms with E-state index < -0.39 is 0 Å².